The highest BCUT2D eigenvalue weighted by atomic mass is 15.2. The van der Waals surface area contributed by atoms with E-state index < -0.39 is 0 Å². The fourth-order valence-electron chi connectivity index (χ4n) is 2.78. The highest BCUT2D eigenvalue weighted by Crippen LogP contribution is 2.17. The number of likely N-dealkylation sites (tertiary alicyclic amines) is 1. The van der Waals surface area contributed by atoms with Crippen LogP contribution in [0, 0.1) is 0 Å². The van der Waals surface area contributed by atoms with E-state index >= 15 is 0 Å². The molecule has 1 heterocycles. The Hall–Kier alpha value is -0.0800. The maximum atomic E-state index is 3.58. The van der Waals surface area contributed by atoms with Gasteiger partial charge in [-0.2, -0.15) is 0 Å². The first-order chi connectivity index (χ1) is 8.38. The molecule has 1 atom stereocenters. The van der Waals surface area contributed by atoms with Crippen LogP contribution in [0.3, 0.4) is 0 Å². The summed E-state index contributed by atoms with van der Waals surface area (Å²) in [5, 5.41) is 3.58. The van der Waals surface area contributed by atoms with Crippen molar-refractivity contribution in [3.63, 3.8) is 0 Å². The van der Waals surface area contributed by atoms with Crippen LogP contribution in [0.25, 0.3) is 0 Å². The van der Waals surface area contributed by atoms with Crippen molar-refractivity contribution in [3.8, 4) is 0 Å². The normalized spacial score (nSPS) is 21.2. The Morgan fingerprint density at radius 1 is 1.06 bits per heavy atom. The second-order valence-corrected chi connectivity index (χ2v) is 5.45. The van der Waals surface area contributed by atoms with Gasteiger partial charge in [0.15, 0.2) is 0 Å². The van der Waals surface area contributed by atoms with Crippen LogP contribution in [0.2, 0.25) is 0 Å². The van der Waals surface area contributed by atoms with Gasteiger partial charge in [-0.1, -0.05) is 39.5 Å². The van der Waals surface area contributed by atoms with Crippen LogP contribution < -0.4 is 5.32 Å². The number of nitrogens with zero attached hydrogens (tertiary/aromatic N) is 1. The molecule has 17 heavy (non-hydrogen) atoms. The lowest BCUT2D eigenvalue weighted by Crippen LogP contribution is -2.38. The molecule has 0 saturated carbocycles. The predicted molar refractivity (Wildman–Crippen MR) is 76.5 cm³/mol. The number of hydrogen-bond donors (Lipinski definition) is 1. The highest BCUT2D eigenvalue weighted by Gasteiger charge is 2.22. The van der Waals surface area contributed by atoms with Gasteiger partial charge in [-0.05, 0) is 45.3 Å². The Bertz CT molecular complexity index is 170. The highest BCUT2D eigenvalue weighted by molar-refractivity contribution is 4.80. The van der Waals surface area contributed by atoms with Crippen molar-refractivity contribution in [2.75, 3.05) is 26.2 Å². The smallest absolute Gasteiger partial charge is 0.0221 e. The van der Waals surface area contributed by atoms with Crippen molar-refractivity contribution >= 4 is 0 Å². The second-order valence-electron chi connectivity index (χ2n) is 5.45. The molecule has 2 heteroatoms. The van der Waals surface area contributed by atoms with Crippen LogP contribution in [0.4, 0.5) is 0 Å². The molecule has 0 aromatic heterocycles. The molecule has 0 radical (unpaired) electrons. The van der Waals surface area contributed by atoms with Crippen LogP contribution in [0.15, 0.2) is 0 Å². The summed E-state index contributed by atoms with van der Waals surface area (Å²) in [7, 11) is 0. The minimum atomic E-state index is 0.827. The monoisotopic (exact) mass is 240 g/mol. The van der Waals surface area contributed by atoms with E-state index in [0.29, 0.717) is 0 Å². The van der Waals surface area contributed by atoms with Crippen molar-refractivity contribution in [1.29, 1.82) is 0 Å². The first-order valence-electron chi connectivity index (χ1n) is 7.83. The van der Waals surface area contributed by atoms with Crippen LogP contribution in [-0.4, -0.2) is 37.1 Å². The van der Waals surface area contributed by atoms with Gasteiger partial charge in [0.25, 0.3) is 0 Å². The van der Waals surface area contributed by atoms with E-state index in [1.807, 2.05) is 0 Å². The maximum absolute atomic E-state index is 3.58. The van der Waals surface area contributed by atoms with Crippen LogP contribution in [0.5, 0.6) is 0 Å². The van der Waals surface area contributed by atoms with Crippen molar-refractivity contribution in [1.82, 2.24) is 10.2 Å². The zero-order valence-corrected chi connectivity index (χ0v) is 12.0. The Morgan fingerprint density at radius 3 is 2.65 bits per heavy atom. The lowest BCUT2D eigenvalue weighted by Gasteiger charge is -2.24. The average Bonchev–Trinajstić information content (AvgIpc) is 2.77. The van der Waals surface area contributed by atoms with Crippen molar-refractivity contribution in [2.45, 2.75) is 71.3 Å². The molecular weight excluding hydrogens is 208 g/mol. The van der Waals surface area contributed by atoms with E-state index in [2.05, 4.69) is 24.1 Å². The van der Waals surface area contributed by atoms with Gasteiger partial charge in [0.05, 0.1) is 0 Å². The fourth-order valence-corrected chi connectivity index (χ4v) is 2.78. The Morgan fingerprint density at radius 2 is 1.88 bits per heavy atom. The molecule has 0 aromatic carbocycles. The summed E-state index contributed by atoms with van der Waals surface area (Å²) in [4.78, 5) is 2.72. The van der Waals surface area contributed by atoms with E-state index in [4.69, 9.17) is 0 Å². The molecule has 1 fully saturated rings. The van der Waals surface area contributed by atoms with Gasteiger partial charge in [-0.25, -0.2) is 0 Å². The quantitative estimate of drug-likeness (QED) is 0.589. The van der Waals surface area contributed by atoms with Gasteiger partial charge < -0.3 is 5.32 Å². The summed E-state index contributed by atoms with van der Waals surface area (Å²) in [5.41, 5.74) is 0. The van der Waals surface area contributed by atoms with E-state index in [0.717, 1.165) is 6.04 Å². The van der Waals surface area contributed by atoms with Crippen LogP contribution >= 0.6 is 0 Å². The summed E-state index contributed by atoms with van der Waals surface area (Å²) in [6.45, 7) is 9.60. The van der Waals surface area contributed by atoms with Gasteiger partial charge in [-0.3, -0.25) is 4.90 Å². The summed E-state index contributed by atoms with van der Waals surface area (Å²) in [5.74, 6) is 0. The van der Waals surface area contributed by atoms with Crippen molar-refractivity contribution in [2.24, 2.45) is 0 Å². The van der Waals surface area contributed by atoms with Gasteiger partial charge in [0.1, 0.15) is 0 Å². The first-order valence-corrected chi connectivity index (χ1v) is 7.83. The van der Waals surface area contributed by atoms with E-state index in [9.17, 15) is 0 Å². The number of hydrogen-bond acceptors (Lipinski definition) is 2. The van der Waals surface area contributed by atoms with Crippen molar-refractivity contribution in [3.05, 3.63) is 0 Å². The molecule has 0 amide bonds. The third-order valence-electron chi connectivity index (χ3n) is 3.85. The van der Waals surface area contributed by atoms with Gasteiger partial charge in [-0.15, -0.1) is 0 Å². The summed E-state index contributed by atoms with van der Waals surface area (Å²) >= 11 is 0. The average molecular weight is 240 g/mol. The Labute approximate surface area is 108 Å². The third kappa shape index (κ3) is 6.42. The Kier molecular flexibility index (Phi) is 8.72. The van der Waals surface area contributed by atoms with Crippen LogP contribution in [0.1, 0.15) is 65.2 Å². The molecule has 0 aromatic rings. The summed E-state index contributed by atoms with van der Waals surface area (Å²) < 4.78 is 0. The minimum absolute atomic E-state index is 0.827. The number of nitrogens with one attached hydrogen (secondary N) is 1. The molecule has 1 rings (SSSR count). The van der Waals surface area contributed by atoms with Crippen LogP contribution in [-0.2, 0) is 0 Å². The lowest BCUT2D eigenvalue weighted by molar-refractivity contribution is 0.242. The zero-order valence-electron chi connectivity index (χ0n) is 12.0. The number of rotatable bonds is 10. The Balaban J connectivity index is 2.05. The molecule has 1 unspecified atom stereocenters. The summed E-state index contributed by atoms with van der Waals surface area (Å²) in [6.07, 6.45) is 11.1. The minimum Gasteiger partial charge on any atom is -0.315 e. The predicted octanol–water partition coefficient (Wildman–Crippen LogP) is 3.42. The van der Waals surface area contributed by atoms with Gasteiger partial charge >= 0.3 is 0 Å². The third-order valence-corrected chi connectivity index (χ3v) is 3.85. The lowest BCUT2D eigenvalue weighted by atomic mass is 10.1. The SMILES string of the molecule is CCCCCCCN1CCCC1CNCCC. The maximum Gasteiger partial charge on any atom is 0.0221 e. The first kappa shape index (κ1) is 15.0. The molecule has 0 aliphatic carbocycles. The van der Waals surface area contributed by atoms with E-state index in [-0.39, 0.29) is 0 Å². The molecule has 1 saturated heterocycles. The molecule has 1 aliphatic rings. The topological polar surface area (TPSA) is 15.3 Å². The molecule has 1 N–H and O–H groups in total. The molecule has 2 nitrogen and oxygen atoms in total. The largest absolute Gasteiger partial charge is 0.315 e. The molecule has 0 spiro atoms. The second kappa shape index (κ2) is 9.90. The standard InChI is InChI=1S/C15H32N2/c1-3-5-6-7-8-12-17-13-9-10-15(17)14-16-11-4-2/h15-16H,3-14H2,1-2H3. The van der Waals surface area contributed by atoms with Gasteiger partial charge in [0, 0.05) is 12.6 Å². The molecular formula is C15H32N2. The zero-order chi connectivity index (χ0) is 12.3. The fraction of sp³-hybridized carbons (Fsp3) is 1.00. The molecule has 0 bridgehead atoms. The summed E-state index contributed by atoms with van der Waals surface area (Å²) in [6, 6.07) is 0.827. The van der Waals surface area contributed by atoms with Gasteiger partial charge in [0.2, 0.25) is 0 Å². The van der Waals surface area contributed by atoms with E-state index in [1.54, 1.807) is 0 Å². The number of unbranched alkanes of at least 4 members (excludes halogenated alkanes) is 4. The molecule has 102 valence electrons. The van der Waals surface area contributed by atoms with Crippen molar-refractivity contribution < 1.29 is 0 Å². The van der Waals surface area contributed by atoms with E-state index in [1.165, 1.54) is 77.5 Å². The molecule has 1 aliphatic heterocycles.